The van der Waals surface area contributed by atoms with Crippen LogP contribution in [0.5, 0.6) is 57.5 Å². The summed E-state index contributed by atoms with van der Waals surface area (Å²) in [5, 5.41) is 5.19. The van der Waals surface area contributed by atoms with Crippen LogP contribution in [0.25, 0.3) is 43.1 Å². The van der Waals surface area contributed by atoms with E-state index in [1.807, 2.05) is 97.1 Å². The van der Waals surface area contributed by atoms with Crippen molar-refractivity contribution in [3.63, 3.8) is 0 Å². The zero-order valence-electron chi connectivity index (χ0n) is 79.1. The summed E-state index contributed by atoms with van der Waals surface area (Å²) in [6.07, 6.45) is 6.97. The molecule has 23 rings (SSSR count). The molecule has 0 spiro atoms. The molecule has 0 saturated carbocycles. The molecule has 140 heavy (non-hydrogen) atoms. The number of carbonyl (C=O) groups excluding carboxylic acids is 6. The summed E-state index contributed by atoms with van der Waals surface area (Å²) in [5.74, 6) is -3.76. The van der Waals surface area contributed by atoms with Gasteiger partial charge in [-0.25, -0.2) is 9.59 Å². The molecule has 8 saturated heterocycles. The van der Waals surface area contributed by atoms with Crippen molar-refractivity contribution >= 4 is 101 Å². The molecule has 10 atom stereocenters. The molecule has 14 heterocycles. The van der Waals surface area contributed by atoms with E-state index in [2.05, 4.69) is 85.0 Å². The number of ether oxygens (including phenoxy) is 14. The first-order valence-electron chi connectivity index (χ1n) is 48.1. The van der Waals surface area contributed by atoms with Crippen molar-refractivity contribution in [2.45, 2.75) is 138 Å². The maximum absolute atomic E-state index is 17.2. The van der Waals surface area contributed by atoms with Gasteiger partial charge in [0.15, 0.2) is 12.1 Å². The van der Waals surface area contributed by atoms with Gasteiger partial charge in [0.05, 0.1) is 124 Å². The van der Waals surface area contributed by atoms with Crippen LogP contribution >= 0.6 is 22.7 Å². The SMILES string of the molecule is CC(C)(CN(CC1CO1)CC1CO1)c1ccc(Oc2cc3c4c(cc(Oc5ccc(C(C)(C)CN(CC6CO6)CC6CO6)cc5)c5c6c(Oc7ccc(C(C)(C)CN(CC8CO8)CC8CO8)cc7)cc7c8c(cc(Oc9ccc(C(C)(C)CN(CC%10CO%10)CC%10CO%10)cc9)c(c2c45)c86)C(=O)N(C(C(=O)Oc2ccncc2)c2cccs2)C7=O)C(=O)N(C(C(=O)Oc2ccncc2)c2cccs2)C3=O)cc1. The van der Waals surface area contributed by atoms with Crippen molar-refractivity contribution in [2.75, 3.05) is 131 Å². The molecule has 0 aliphatic carbocycles. The summed E-state index contributed by atoms with van der Waals surface area (Å²) in [4.78, 5) is 120. The van der Waals surface area contributed by atoms with Crippen molar-refractivity contribution in [2.24, 2.45) is 0 Å². The highest BCUT2D eigenvalue weighted by Gasteiger charge is 2.50. The Labute approximate surface area is 817 Å². The summed E-state index contributed by atoms with van der Waals surface area (Å²) < 4.78 is 89.5. The number of rotatable bonds is 44. The van der Waals surface area contributed by atoms with Crippen LogP contribution in [-0.4, -0.2) is 255 Å². The van der Waals surface area contributed by atoms with E-state index in [4.69, 9.17) is 66.3 Å². The van der Waals surface area contributed by atoms with Gasteiger partial charge < -0.3 is 66.3 Å². The minimum absolute atomic E-state index is 0.0343. The smallest absolute Gasteiger partial charge is 0.340 e. The molecular weight excluding hydrogens is 1820 g/mol. The Morgan fingerprint density at radius 1 is 0.321 bits per heavy atom. The van der Waals surface area contributed by atoms with E-state index >= 15 is 28.8 Å². The lowest BCUT2D eigenvalue weighted by Gasteiger charge is -2.35. The fourth-order valence-electron chi connectivity index (χ4n) is 20.6. The van der Waals surface area contributed by atoms with Crippen molar-refractivity contribution in [3.05, 3.63) is 260 Å². The molecule has 720 valence electrons. The normalized spacial score (nSPS) is 21.0. The van der Waals surface area contributed by atoms with Crippen molar-refractivity contribution in [1.29, 1.82) is 0 Å². The lowest BCUT2D eigenvalue weighted by molar-refractivity contribution is -0.139. The summed E-state index contributed by atoms with van der Waals surface area (Å²) >= 11 is 2.34. The largest absolute Gasteiger partial charge is 0.457 e. The summed E-state index contributed by atoms with van der Waals surface area (Å²) in [7, 11) is 0. The molecule has 10 aliphatic rings. The minimum atomic E-state index is -1.69. The third-order valence-corrected chi connectivity index (χ3v) is 30.0. The van der Waals surface area contributed by atoms with Gasteiger partial charge in [0.25, 0.3) is 23.6 Å². The molecule has 13 aromatic rings. The maximum atomic E-state index is 17.2. The van der Waals surface area contributed by atoms with Gasteiger partial charge in [0.2, 0.25) is 0 Å². The molecule has 30 heteroatoms. The molecule has 4 amide bonds. The molecule has 8 fully saturated rings. The van der Waals surface area contributed by atoms with E-state index < -0.39 is 69.3 Å². The average Bonchev–Trinajstić information content (AvgIpc) is 0.766. The van der Waals surface area contributed by atoms with Gasteiger partial charge in [0.1, 0.15) is 57.5 Å². The second-order valence-corrected chi connectivity index (χ2v) is 43.1. The standard InChI is InChI=1S/C110H108N8O20S2/c1-107(2,59-113(43-73-51-125-73)44-74-52-126-74)63-13-21-67(22-14-63)133-85-39-81-91-82(102(120)117(101(81)119)99(89-11-9-37-139-89)105(123)137-71-29-33-111-34-30-71)41-87(135-69-25-17-65(18-26-69)109(5,6)61-115(47-77-55-129-77)48-78-56-130-78)95-96-88(136-70-27-19-66(20-28-70)110(7,8)62-116(49-79-57-131-79)50-80-58-132-80)42-84-92-83(103(121)118(104(84)122)100(90-12-10-38-140-90)106(124)138-72-31-35-112-36-32-72)40-86(94(98(92)96)93(85)97(91)95)134-68-23-15-64(16-24-68)108(3,4)60-114(45-75-53-127-75)46-76-54-128-76/h9-42,73-80,99-100H,43-62H2,1-8H3. The zero-order valence-corrected chi connectivity index (χ0v) is 80.7. The molecular formula is C110H108N8O20S2. The van der Waals surface area contributed by atoms with Gasteiger partial charge in [-0.05, 0) is 142 Å². The fourth-order valence-corrected chi connectivity index (χ4v) is 22.2. The van der Waals surface area contributed by atoms with Gasteiger partial charge in [0, 0.05) is 178 Å². The predicted molar refractivity (Wildman–Crippen MR) is 524 cm³/mol. The highest BCUT2D eigenvalue weighted by atomic mass is 32.1. The number of pyridine rings is 2. The molecule has 10 aliphatic heterocycles. The van der Waals surface area contributed by atoms with Crippen LogP contribution < -0.4 is 28.4 Å². The number of carbonyl (C=O) groups is 6. The van der Waals surface area contributed by atoms with E-state index in [1.54, 1.807) is 59.3 Å². The Hall–Kier alpha value is -12.1. The Morgan fingerprint density at radius 2 is 0.543 bits per heavy atom. The number of aromatic nitrogens is 2. The number of epoxide rings is 8. The minimum Gasteiger partial charge on any atom is -0.457 e. The lowest BCUT2D eigenvalue weighted by atomic mass is 9.80. The topological polar surface area (TPSA) is 303 Å². The Morgan fingerprint density at radius 3 is 0.743 bits per heavy atom. The number of fused-ring (bicyclic) bond motifs is 2. The van der Waals surface area contributed by atoms with Crippen LogP contribution in [0.3, 0.4) is 0 Å². The maximum Gasteiger partial charge on any atom is 0.340 e. The Balaban J connectivity index is 0.780. The van der Waals surface area contributed by atoms with E-state index in [-0.39, 0.29) is 149 Å². The van der Waals surface area contributed by atoms with Crippen LogP contribution in [0.1, 0.15) is 141 Å². The predicted octanol–water partition coefficient (Wildman–Crippen LogP) is 17.2. The number of amides is 4. The van der Waals surface area contributed by atoms with Crippen LogP contribution in [-0.2, 0) is 69.1 Å². The molecule has 4 aromatic heterocycles. The van der Waals surface area contributed by atoms with E-state index in [9.17, 15) is 0 Å². The van der Waals surface area contributed by atoms with Crippen LogP contribution in [0, 0.1) is 0 Å². The highest BCUT2D eigenvalue weighted by molar-refractivity contribution is 7.10. The number of esters is 2. The fraction of sp³-hybridized carbons (Fsp3) is 0.382. The average molecular weight is 1930 g/mol. The molecule has 0 bridgehead atoms. The number of nitrogens with zero attached hydrogens (tertiary/aromatic N) is 8. The third kappa shape index (κ3) is 19.4. The number of thiophene rings is 2. The van der Waals surface area contributed by atoms with Crippen LogP contribution in [0.15, 0.2) is 205 Å². The van der Waals surface area contributed by atoms with Gasteiger partial charge >= 0.3 is 11.9 Å². The van der Waals surface area contributed by atoms with E-state index in [0.29, 0.717) is 112 Å². The van der Waals surface area contributed by atoms with Crippen LogP contribution in [0.2, 0.25) is 0 Å². The number of hydrogen-bond acceptors (Lipinski definition) is 28. The summed E-state index contributed by atoms with van der Waals surface area (Å²) in [6, 6.07) is 47.3. The molecule has 0 N–H and O–H groups in total. The monoisotopic (exact) mass is 1920 g/mol. The number of benzene rings is 9. The first-order valence-corrected chi connectivity index (χ1v) is 49.8. The first kappa shape index (κ1) is 91.7. The number of imide groups is 2. The quantitative estimate of drug-likeness (QED) is 0.0113. The second-order valence-electron chi connectivity index (χ2n) is 41.2. The third-order valence-electron chi connectivity index (χ3n) is 28.1. The highest BCUT2D eigenvalue weighted by Crippen LogP contribution is 2.60. The van der Waals surface area contributed by atoms with Crippen molar-refractivity contribution < 1.29 is 95.1 Å². The van der Waals surface area contributed by atoms with Crippen molar-refractivity contribution in [1.82, 2.24) is 39.4 Å². The molecule has 28 nitrogen and oxygen atoms in total. The summed E-state index contributed by atoms with van der Waals surface area (Å²) in [5.41, 5.74) is 1.94. The number of hydrogen-bond donors (Lipinski definition) is 0. The van der Waals surface area contributed by atoms with Gasteiger partial charge in [-0.15, -0.1) is 22.7 Å². The van der Waals surface area contributed by atoms with Crippen LogP contribution in [0.4, 0.5) is 0 Å². The molecule has 10 unspecified atom stereocenters. The van der Waals surface area contributed by atoms with Crippen molar-refractivity contribution in [3.8, 4) is 57.5 Å². The first-order chi connectivity index (χ1) is 67.7. The zero-order chi connectivity index (χ0) is 95.8. The van der Waals surface area contributed by atoms with Gasteiger partial charge in [-0.2, -0.15) is 0 Å². The van der Waals surface area contributed by atoms with E-state index in [0.717, 1.165) is 84.4 Å². The van der Waals surface area contributed by atoms with E-state index in [1.165, 1.54) is 71.7 Å². The summed E-state index contributed by atoms with van der Waals surface area (Å²) in [6.45, 7) is 31.9. The second kappa shape index (κ2) is 36.8. The van der Waals surface area contributed by atoms with Gasteiger partial charge in [-0.1, -0.05) is 116 Å². The van der Waals surface area contributed by atoms with Gasteiger partial charge in [-0.3, -0.25) is 58.5 Å². The Kier molecular flexibility index (Phi) is 24.1. The lowest BCUT2D eigenvalue weighted by Crippen LogP contribution is -2.46. The Bertz CT molecular complexity index is 6120. The molecule has 9 aromatic carbocycles. The molecule has 0 radical (unpaired) electrons.